The van der Waals surface area contributed by atoms with E-state index in [1.54, 1.807) is 11.2 Å². The number of amides is 1. The first kappa shape index (κ1) is 17.1. The molecule has 1 amide bonds. The maximum atomic E-state index is 12.9. The van der Waals surface area contributed by atoms with Crippen molar-refractivity contribution < 1.29 is 23.8 Å². The quantitative estimate of drug-likeness (QED) is 0.814. The summed E-state index contributed by atoms with van der Waals surface area (Å²) in [5, 5.41) is 0. The second-order valence-electron chi connectivity index (χ2n) is 6.96. The van der Waals surface area contributed by atoms with Crippen LogP contribution in [-0.2, 0) is 19.0 Å². The van der Waals surface area contributed by atoms with E-state index >= 15 is 0 Å². The standard InChI is InChI=1S/C20H23NO5/c22-19-16-7-6-15(26-20(23)21-8-10-24-11-9-21)12-18(16)25-13-17(19)14-4-2-1-3-5-14/h1-5,13,15-16,18H,6-12H2. The third-order valence-corrected chi connectivity index (χ3v) is 5.33. The van der Waals surface area contributed by atoms with Gasteiger partial charge in [-0.3, -0.25) is 4.79 Å². The van der Waals surface area contributed by atoms with Gasteiger partial charge in [-0.05, 0) is 18.4 Å². The Kier molecular flexibility index (Phi) is 4.93. The summed E-state index contributed by atoms with van der Waals surface area (Å²) in [5.41, 5.74) is 1.52. The molecule has 3 aliphatic rings. The number of morpholine rings is 1. The van der Waals surface area contributed by atoms with Crippen LogP contribution >= 0.6 is 0 Å². The number of hydrogen-bond donors (Lipinski definition) is 0. The van der Waals surface area contributed by atoms with E-state index < -0.39 is 0 Å². The Hall–Kier alpha value is -2.34. The molecule has 0 spiro atoms. The van der Waals surface area contributed by atoms with Crippen molar-refractivity contribution in [2.45, 2.75) is 31.5 Å². The number of carbonyl (C=O) groups is 2. The van der Waals surface area contributed by atoms with Gasteiger partial charge in [-0.15, -0.1) is 0 Å². The first-order chi connectivity index (χ1) is 12.7. The molecule has 3 atom stereocenters. The number of benzene rings is 1. The number of ketones is 1. The number of fused-ring (bicyclic) bond motifs is 1. The lowest BCUT2D eigenvalue weighted by atomic mass is 9.78. The summed E-state index contributed by atoms with van der Waals surface area (Å²) in [6, 6.07) is 9.59. The summed E-state index contributed by atoms with van der Waals surface area (Å²) in [7, 11) is 0. The second-order valence-corrected chi connectivity index (χ2v) is 6.96. The predicted molar refractivity (Wildman–Crippen MR) is 94.3 cm³/mol. The molecule has 6 heteroatoms. The molecule has 138 valence electrons. The molecule has 0 N–H and O–H groups in total. The summed E-state index contributed by atoms with van der Waals surface area (Å²) in [4.78, 5) is 26.8. The minimum Gasteiger partial charge on any atom is -0.496 e. The number of hydrogen-bond acceptors (Lipinski definition) is 5. The van der Waals surface area contributed by atoms with Gasteiger partial charge in [0.2, 0.25) is 0 Å². The van der Waals surface area contributed by atoms with Gasteiger partial charge in [0.1, 0.15) is 12.2 Å². The second kappa shape index (κ2) is 7.50. The number of ether oxygens (including phenoxy) is 3. The van der Waals surface area contributed by atoms with E-state index in [0.29, 0.717) is 51.1 Å². The molecule has 6 nitrogen and oxygen atoms in total. The van der Waals surface area contributed by atoms with Gasteiger partial charge in [0.05, 0.1) is 31.0 Å². The molecule has 1 saturated heterocycles. The normalized spacial score (nSPS) is 28.6. The monoisotopic (exact) mass is 357 g/mol. The van der Waals surface area contributed by atoms with E-state index in [-0.39, 0.29) is 30.0 Å². The Labute approximate surface area is 152 Å². The van der Waals surface area contributed by atoms with E-state index in [9.17, 15) is 9.59 Å². The van der Waals surface area contributed by atoms with E-state index in [1.807, 2.05) is 30.3 Å². The van der Waals surface area contributed by atoms with Gasteiger partial charge in [-0.25, -0.2) is 4.79 Å². The highest BCUT2D eigenvalue weighted by atomic mass is 16.6. The van der Waals surface area contributed by atoms with Gasteiger partial charge in [-0.1, -0.05) is 30.3 Å². The third kappa shape index (κ3) is 3.46. The number of rotatable bonds is 2. The molecule has 4 rings (SSSR count). The zero-order valence-corrected chi connectivity index (χ0v) is 14.6. The number of carbonyl (C=O) groups excluding carboxylic acids is 2. The predicted octanol–water partition coefficient (Wildman–Crippen LogP) is 2.63. The molecule has 2 fully saturated rings. The zero-order chi connectivity index (χ0) is 17.9. The maximum Gasteiger partial charge on any atom is 0.410 e. The highest BCUT2D eigenvalue weighted by Gasteiger charge is 2.41. The molecular weight excluding hydrogens is 334 g/mol. The smallest absolute Gasteiger partial charge is 0.410 e. The van der Waals surface area contributed by atoms with Gasteiger partial charge in [0.25, 0.3) is 0 Å². The van der Waals surface area contributed by atoms with Crippen molar-refractivity contribution in [2.75, 3.05) is 26.3 Å². The van der Waals surface area contributed by atoms with Gasteiger partial charge in [-0.2, -0.15) is 0 Å². The molecular formula is C20H23NO5. The fraction of sp³-hybridized carbons (Fsp3) is 0.500. The fourth-order valence-corrected chi connectivity index (χ4v) is 3.85. The van der Waals surface area contributed by atoms with Crippen LogP contribution in [0.15, 0.2) is 36.6 Å². The summed E-state index contributed by atoms with van der Waals surface area (Å²) in [5.74, 6) is -0.0287. The van der Waals surface area contributed by atoms with E-state index in [1.165, 1.54) is 0 Å². The summed E-state index contributed by atoms with van der Waals surface area (Å²) >= 11 is 0. The van der Waals surface area contributed by atoms with Crippen molar-refractivity contribution in [1.82, 2.24) is 4.90 Å². The Bertz CT molecular complexity index is 695. The topological polar surface area (TPSA) is 65.1 Å². The van der Waals surface area contributed by atoms with Gasteiger partial charge in [0.15, 0.2) is 5.78 Å². The van der Waals surface area contributed by atoms with Crippen LogP contribution in [0.1, 0.15) is 24.8 Å². The first-order valence-corrected chi connectivity index (χ1v) is 9.21. The molecule has 0 radical (unpaired) electrons. The van der Waals surface area contributed by atoms with Crippen molar-refractivity contribution in [2.24, 2.45) is 5.92 Å². The lowest BCUT2D eigenvalue weighted by Gasteiger charge is -2.38. The van der Waals surface area contributed by atoms with E-state index in [0.717, 1.165) is 5.56 Å². The molecule has 1 aromatic carbocycles. The molecule has 1 aromatic rings. The van der Waals surface area contributed by atoms with E-state index in [4.69, 9.17) is 14.2 Å². The van der Waals surface area contributed by atoms with Gasteiger partial charge >= 0.3 is 6.09 Å². The number of Topliss-reactive ketones (excluding diaryl/α,β-unsaturated/α-hetero) is 1. The minimum atomic E-state index is -0.292. The van der Waals surface area contributed by atoms with Crippen molar-refractivity contribution in [3.05, 3.63) is 42.2 Å². The molecule has 3 unspecified atom stereocenters. The molecule has 2 aliphatic heterocycles. The van der Waals surface area contributed by atoms with Crippen LogP contribution in [0, 0.1) is 5.92 Å². The largest absolute Gasteiger partial charge is 0.496 e. The van der Waals surface area contributed by atoms with Crippen LogP contribution in [0.4, 0.5) is 4.79 Å². The lowest BCUT2D eigenvalue weighted by Crippen LogP contribution is -2.45. The SMILES string of the molecule is O=C1C(c2ccccc2)=COC2CC(OC(=O)N3CCOCC3)CCC12. The van der Waals surface area contributed by atoms with Gasteiger partial charge < -0.3 is 19.1 Å². The lowest BCUT2D eigenvalue weighted by molar-refractivity contribution is -0.126. The summed E-state index contributed by atoms with van der Waals surface area (Å²) in [6.45, 7) is 2.23. The number of nitrogens with zero attached hydrogens (tertiary/aromatic N) is 1. The Balaban J connectivity index is 1.38. The Morgan fingerprint density at radius 2 is 1.88 bits per heavy atom. The molecule has 0 bridgehead atoms. The van der Waals surface area contributed by atoms with Crippen LogP contribution in [-0.4, -0.2) is 55.3 Å². The van der Waals surface area contributed by atoms with E-state index in [2.05, 4.69) is 0 Å². The van der Waals surface area contributed by atoms with Gasteiger partial charge in [0, 0.05) is 19.5 Å². The molecule has 2 heterocycles. The Morgan fingerprint density at radius 3 is 2.65 bits per heavy atom. The summed E-state index contributed by atoms with van der Waals surface area (Å²) in [6.07, 6.45) is 2.79. The number of allylic oxidation sites excluding steroid dienone is 1. The van der Waals surface area contributed by atoms with Crippen LogP contribution in [0.2, 0.25) is 0 Å². The average Bonchev–Trinajstić information content (AvgIpc) is 2.69. The summed E-state index contributed by atoms with van der Waals surface area (Å²) < 4.78 is 16.8. The third-order valence-electron chi connectivity index (χ3n) is 5.33. The van der Waals surface area contributed by atoms with Crippen molar-refractivity contribution in [3.8, 4) is 0 Å². The molecule has 1 saturated carbocycles. The maximum absolute atomic E-state index is 12.9. The fourth-order valence-electron chi connectivity index (χ4n) is 3.85. The van der Waals surface area contributed by atoms with Crippen molar-refractivity contribution in [1.29, 1.82) is 0 Å². The van der Waals surface area contributed by atoms with Crippen LogP contribution < -0.4 is 0 Å². The minimum absolute atomic E-state index is 0.130. The van der Waals surface area contributed by atoms with Crippen LogP contribution in [0.3, 0.4) is 0 Å². The first-order valence-electron chi connectivity index (χ1n) is 9.21. The van der Waals surface area contributed by atoms with Crippen molar-refractivity contribution in [3.63, 3.8) is 0 Å². The van der Waals surface area contributed by atoms with Crippen LogP contribution in [0.25, 0.3) is 5.57 Å². The van der Waals surface area contributed by atoms with Crippen LogP contribution in [0.5, 0.6) is 0 Å². The molecule has 0 aromatic heterocycles. The average molecular weight is 357 g/mol. The highest BCUT2D eigenvalue weighted by Crippen LogP contribution is 2.37. The highest BCUT2D eigenvalue weighted by molar-refractivity contribution is 6.22. The van der Waals surface area contributed by atoms with Crippen molar-refractivity contribution >= 4 is 17.4 Å². The zero-order valence-electron chi connectivity index (χ0n) is 14.6. The molecule has 1 aliphatic carbocycles. The Morgan fingerprint density at radius 1 is 1.12 bits per heavy atom. The molecule has 26 heavy (non-hydrogen) atoms.